The van der Waals surface area contributed by atoms with Gasteiger partial charge in [0.15, 0.2) is 0 Å². The summed E-state index contributed by atoms with van der Waals surface area (Å²) in [7, 11) is 1.62. The lowest BCUT2D eigenvalue weighted by atomic mass is 9.86. The lowest BCUT2D eigenvalue weighted by Crippen LogP contribution is -2.25. The van der Waals surface area contributed by atoms with Crippen LogP contribution in [0.1, 0.15) is 29.2 Å². The Balaban J connectivity index is 1.59. The quantitative estimate of drug-likeness (QED) is 0.458. The Kier molecular flexibility index (Phi) is 5.18. The zero-order chi connectivity index (χ0) is 22.2. The number of nitrogens with zero attached hydrogens (tertiary/aromatic N) is 5. The summed E-state index contributed by atoms with van der Waals surface area (Å²) in [6.45, 7) is 1.93. The minimum atomic E-state index is -0.109. The van der Waals surface area contributed by atoms with Gasteiger partial charge < -0.3 is 10.1 Å². The van der Waals surface area contributed by atoms with E-state index in [2.05, 4.69) is 41.5 Å². The molecule has 1 amide bonds. The minimum Gasteiger partial charge on any atom is -0.497 e. The SMILES string of the molecule is COc1ccc(-c2cnnc(-n3nc(C)c4c3NC(=O)C[C@@H]4c3cccc(Br)c3)n2)cc1. The van der Waals surface area contributed by atoms with Gasteiger partial charge in [-0.1, -0.05) is 28.1 Å². The van der Waals surface area contributed by atoms with Crippen molar-refractivity contribution in [2.45, 2.75) is 19.3 Å². The summed E-state index contributed by atoms with van der Waals surface area (Å²) in [5.41, 5.74) is 4.33. The fourth-order valence-corrected chi connectivity index (χ4v) is 4.40. The maximum Gasteiger partial charge on any atom is 0.272 e. The number of hydrogen-bond acceptors (Lipinski definition) is 6. The first-order valence-electron chi connectivity index (χ1n) is 10.0. The van der Waals surface area contributed by atoms with Crippen molar-refractivity contribution in [1.29, 1.82) is 0 Å². The average molecular weight is 491 g/mol. The summed E-state index contributed by atoms with van der Waals surface area (Å²) in [5.74, 6) is 1.44. The lowest BCUT2D eigenvalue weighted by molar-refractivity contribution is -0.116. The maximum atomic E-state index is 12.6. The van der Waals surface area contributed by atoms with E-state index < -0.39 is 0 Å². The van der Waals surface area contributed by atoms with E-state index in [-0.39, 0.29) is 17.8 Å². The van der Waals surface area contributed by atoms with Gasteiger partial charge in [-0.15, -0.1) is 5.10 Å². The van der Waals surface area contributed by atoms with Crippen molar-refractivity contribution < 1.29 is 9.53 Å². The third kappa shape index (κ3) is 3.64. The number of nitrogens with one attached hydrogen (secondary N) is 1. The first kappa shape index (κ1) is 20.3. The number of aryl methyl sites for hydroxylation is 1. The fraction of sp³-hybridized carbons (Fsp3) is 0.174. The Morgan fingerprint density at radius 3 is 2.75 bits per heavy atom. The topological polar surface area (TPSA) is 94.8 Å². The Morgan fingerprint density at radius 1 is 1.19 bits per heavy atom. The molecule has 0 unspecified atom stereocenters. The van der Waals surface area contributed by atoms with Gasteiger partial charge in [0.1, 0.15) is 11.6 Å². The van der Waals surface area contributed by atoms with Crippen LogP contribution in [0, 0.1) is 6.92 Å². The van der Waals surface area contributed by atoms with Gasteiger partial charge in [0.25, 0.3) is 5.95 Å². The molecule has 1 N–H and O–H groups in total. The number of hydrogen-bond donors (Lipinski definition) is 1. The number of halogens is 1. The first-order valence-corrected chi connectivity index (χ1v) is 10.8. The van der Waals surface area contributed by atoms with E-state index in [4.69, 9.17) is 4.74 Å². The number of methoxy groups -OCH3 is 1. The molecule has 0 spiro atoms. The molecule has 1 aliphatic heterocycles. The van der Waals surface area contributed by atoms with Crippen molar-refractivity contribution in [3.63, 3.8) is 0 Å². The van der Waals surface area contributed by atoms with E-state index in [0.717, 1.165) is 32.6 Å². The number of carbonyl (C=O) groups is 1. The molecule has 0 saturated carbocycles. The average Bonchev–Trinajstić information content (AvgIpc) is 3.15. The molecule has 2 aromatic heterocycles. The van der Waals surface area contributed by atoms with E-state index in [9.17, 15) is 4.79 Å². The predicted octanol–water partition coefficient (Wildman–Crippen LogP) is 4.28. The summed E-state index contributed by atoms with van der Waals surface area (Å²) < 4.78 is 7.75. The second-order valence-corrected chi connectivity index (χ2v) is 8.41. The Bertz CT molecular complexity index is 1320. The van der Waals surface area contributed by atoms with Gasteiger partial charge in [-0.3, -0.25) is 4.79 Å². The van der Waals surface area contributed by atoms with E-state index in [1.54, 1.807) is 18.0 Å². The molecule has 0 aliphatic carbocycles. The van der Waals surface area contributed by atoms with Crippen molar-refractivity contribution in [2.24, 2.45) is 0 Å². The van der Waals surface area contributed by atoms with Crippen molar-refractivity contribution in [1.82, 2.24) is 25.0 Å². The number of rotatable bonds is 4. The molecule has 0 radical (unpaired) electrons. The van der Waals surface area contributed by atoms with E-state index in [1.165, 1.54) is 0 Å². The molecule has 8 nitrogen and oxygen atoms in total. The van der Waals surface area contributed by atoms with Gasteiger partial charge in [-0.05, 0) is 48.9 Å². The molecular weight excluding hydrogens is 472 g/mol. The van der Waals surface area contributed by atoms with Gasteiger partial charge in [-0.2, -0.15) is 14.9 Å². The van der Waals surface area contributed by atoms with E-state index in [1.807, 2.05) is 55.5 Å². The maximum absolute atomic E-state index is 12.6. The summed E-state index contributed by atoms with van der Waals surface area (Å²) in [6.07, 6.45) is 1.94. The lowest BCUT2D eigenvalue weighted by Gasteiger charge is -2.24. The monoisotopic (exact) mass is 490 g/mol. The van der Waals surface area contributed by atoms with Crippen molar-refractivity contribution in [2.75, 3.05) is 12.4 Å². The van der Waals surface area contributed by atoms with Crippen LogP contribution in [0.5, 0.6) is 5.75 Å². The van der Waals surface area contributed by atoms with Crippen LogP contribution in [0.3, 0.4) is 0 Å². The van der Waals surface area contributed by atoms with Crippen LogP contribution < -0.4 is 10.1 Å². The standard InChI is InChI=1S/C23H19BrN6O2/c1-13-21-18(15-4-3-5-16(24)10-15)11-20(31)27-22(21)30(29-13)23-26-19(12-25-28-23)14-6-8-17(32-2)9-7-14/h3-10,12,18H,11H2,1-2H3,(H,27,31)/t18-/m1/s1. The number of anilines is 1. The largest absolute Gasteiger partial charge is 0.497 e. The minimum absolute atomic E-state index is 0.0807. The summed E-state index contributed by atoms with van der Waals surface area (Å²) in [6, 6.07) is 15.5. The van der Waals surface area contributed by atoms with Crippen LogP contribution >= 0.6 is 15.9 Å². The molecule has 0 saturated heterocycles. The van der Waals surface area contributed by atoms with Crippen LogP contribution in [0.2, 0.25) is 0 Å². The van der Waals surface area contributed by atoms with Gasteiger partial charge in [0.2, 0.25) is 5.91 Å². The van der Waals surface area contributed by atoms with Crippen LogP contribution in [-0.4, -0.2) is 38.0 Å². The molecule has 2 aromatic carbocycles. The van der Waals surface area contributed by atoms with Crippen LogP contribution in [-0.2, 0) is 4.79 Å². The van der Waals surface area contributed by atoms with E-state index >= 15 is 0 Å². The second kappa shape index (κ2) is 8.16. The summed E-state index contributed by atoms with van der Waals surface area (Å²) >= 11 is 3.53. The molecule has 160 valence electrons. The molecule has 1 atom stereocenters. The third-order valence-electron chi connectivity index (χ3n) is 5.48. The number of carbonyl (C=O) groups excluding carboxylic acids is 1. The molecule has 0 bridgehead atoms. The normalized spacial score (nSPS) is 15.2. The molecule has 1 aliphatic rings. The molecule has 4 aromatic rings. The zero-order valence-corrected chi connectivity index (χ0v) is 19.0. The number of ether oxygens (including phenoxy) is 1. The highest BCUT2D eigenvalue weighted by molar-refractivity contribution is 9.10. The summed E-state index contributed by atoms with van der Waals surface area (Å²) in [5, 5.41) is 15.9. The molecule has 9 heteroatoms. The number of amides is 1. The van der Waals surface area contributed by atoms with Gasteiger partial charge >= 0.3 is 0 Å². The molecule has 5 rings (SSSR count). The summed E-state index contributed by atoms with van der Waals surface area (Å²) in [4.78, 5) is 17.3. The predicted molar refractivity (Wildman–Crippen MR) is 123 cm³/mol. The second-order valence-electron chi connectivity index (χ2n) is 7.49. The van der Waals surface area contributed by atoms with Crippen LogP contribution in [0.25, 0.3) is 17.2 Å². The highest BCUT2D eigenvalue weighted by atomic mass is 79.9. The number of benzene rings is 2. The smallest absolute Gasteiger partial charge is 0.272 e. The van der Waals surface area contributed by atoms with Crippen LogP contribution in [0.15, 0.2) is 59.2 Å². The number of fused-ring (bicyclic) bond motifs is 1. The first-order chi connectivity index (χ1) is 15.5. The van der Waals surface area contributed by atoms with Gasteiger partial charge in [-0.25, -0.2) is 4.98 Å². The van der Waals surface area contributed by atoms with Crippen molar-refractivity contribution in [3.05, 3.63) is 76.0 Å². The number of aromatic nitrogens is 5. The Hall–Kier alpha value is -3.59. The molecule has 3 heterocycles. The van der Waals surface area contributed by atoms with Crippen LogP contribution in [0.4, 0.5) is 5.82 Å². The molecule has 0 fully saturated rings. The van der Waals surface area contributed by atoms with E-state index in [0.29, 0.717) is 17.9 Å². The molecule has 32 heavy (non-hydrogen) atoms. The Labute approximate surface area is 192 Å². The Morgan fingerprint density at radius 2 is 2.00 bits per heavy atom. The highest BCUT2D eigenvalue weighted by Crippen LogP contribution is 2.40. The van der Waals surface area contributed by atoms with Crippen molar-refractivity contribution in [3.8, 4) is 23.0 Å². The van der Waals surface area contributed by atoms with Gasteiger partial charge in [0.05, 0.1) is 24.7 Å². The zero-order valence-electron chi connectivity index (χ0n) is 17.4. The van der Waals surface area contributed by atoms with Crippen molar-refractivity contribution >= 4 is 27.7 Å². The molecular formula is C23H19BrN6O2. The third-order valence-corrected chi connectivity index (χ3v) is 5.97. The van der Waals surface area contributed by atoms with Gasteiger partial charge in [0, 0.05) is 27.9 Å². The highest BCUT2D eigenvalue weighted by Gasteiger charge is 2.33. The fourth-order valence-electron chi connectivity index (χ4n) is 3.98.